The molecule has 4 nitrogen and oxygen atoms in total. The van der Waals surface area contributed by atoms with E-state index >= 15 is 0 Å². The molecule has 1 aromatic heterocycles. The summed E-state index contributed by atoms with van der Waals surface area (Å²) in [6, 6.07) is 17.9. The molecule has 2 aromatic carbocycles. The molecule has 3 aromatic rings. The Morgan fingerprint density at radius 2 is 2.04 bits per heavy atom. The number of benzene rings is 2. The van der Waals surface area contributed by atoms with Crippen molar-refractivity contribution in [1.29, 1.82) is 5.26 Å². The topological polar surface area (TPSA) is 61.6 Å². The van der Waals surface area contributed by atoms with E-state index in [1.807, 2.05) is 42.5 Å². The minimum atomic E-state index is 0.683. The SMILES string of the molecule is Cc1ccccc1Nc1nnc(SCc2cccc(C#N)c2)s1. The van der Waals surface area contributed by atoms with Crippen LogP contribution in [0.4, 0.5) is 10.8 Å². The van der Waals surface area contributed by atoms with Gasteiger partial charge in [-0.25, -0.2) is 0 Å². The zero-order chi connectivity index (χ0) is 16.1. The number of hydrogen-bond acceptors (Lipinski definition) is 6. The van der Waals surface area contributed by atoms with Crippen LogP contribution < -0.4 is 5.32 Å². The third-order valence-corrected chi connectivity index (χ3v) is 5.25. The number of para-hydroxylation sites is 1. The molecule has 1 heterocycles. The highest BCUT2D eigenvalue weighted by Gasteiger charge is 2.07. The second kappa shape index (κ2) is 7.27. The minimum absolute atomic E-state index is 0.683. The molecule has 1 N–H and O–H groups in total. The summed E-state index contributed by atoms with van der Waals surface area (Å²) in [5.74, 6) is 0.772. The summed E-state index contributed by atoms with van der Waals surface area (Å²) in [7, 11) is 0. The van der Waals surface area contributed by atoms with E-state index in [9.17, 15) is 0 Å². The first-order valence-electron chi connectivity index (χ1n) is 7.02. The molecule has 0 bridgehead atoms. The molecule has 23 heavy (non-hydrogen) atoms. The van der Waals surface area contributed by atoms with Crippen LogP contribution in [0.3, 0.4) is 0 Å². The number of anilines is 2. The molecular formula is C17H14N4S2. The predicted molar refractivity (Wildman–Crippen MR) is 95.1 cm³/mol. The van der Waals surface area contributed by atoms with Gasteiger partial charge in [0.1, 0.15) is 0 Å². The van der Waals surface area contributed by atoms with Crippen molar-refractivity contribution in [2.75, 3.05) is 5.32 Å². The van der Waals surface area contributed by atoms with Crippen LogP contribution in [0.25, 0.3) is 0 Å². The Kier molecular flexibility index (Phi) is 4.91. The van der Waals surface area contributed by atoms with Crippen LogP contribution in [-0.4, -0.2) is 10.2 Å². The van der Waals surface area contributed by atoms with E-state index in [4.69, 9.17) is 5.26 Å². The highest BCUT2D eigenvalue weighted by molar-refractivity contribution is 8.00. The fourth-order valence-electron chi connectivity index (χ4n) is 2.02. The number of thioether (sulfide) groups is 1. The van der Waals surface area contributed by atoms with E-state index < -0.39 is 0 Å². The highest BCUT2D eigenvalue weighted by atomic mass is 32.2. The van der Waals surface area contributed by atoms with Gasteiger partial charge >= 0.3 is 0 Å². The summed E-state index contributed by atoms with van der Waals surface area (Å²) in [5, 5.41) is 21.4. The molecule has 0 amide bonds. The molecule has 0 saturated heterocycles. The molecule has 0 fully saturated rings. The van der Waals surface area contributed by atoms with Gasteiger partial charge in [-0.15, -0.1) is 10.2 Å². The van der Waals surface area contributed by atoms with Crippen LogP contribution in [0.5, 0.6) is 0 Å². The zero-order valence-electron chi connectivity index (χ0n) is 12.5. The van der Waals surface area contributed by atoms with E-state index in [-0.39, 0.29) is 0 Å². The lowest BCUT2D eigenvalue weighted by Gasteiger charge is -2.04. The van der Waals surface area contributed by atoms with Gasteiger partial charge in [0.2, 0.25) is 5.13 Å². The summed E-state index contributed by atoms with van der Waals surface area (Å²) in [4.78, 5) is 0. The molecular weight excluding hydrogens is 324 g/mol. The zero-order valence-corrected chi connectivity index (χ0v) is 14.1. The number of nitrogens with one attached hydrogen (secondary N) is 1. The number of nitriles is 1. The summed E-state index contributed by atoms with van der Waals surface area (Å²) in [6.07, 6.45) is 0. The Labute approximate surface area is 143 Å². The molecule has 0 aliphatic heterocycles. The van der Waals surface area contributed by atoms with E-state index in [1.165, 1.54) is 16.9 Å². The lowest BCUT2D eigenvalue weighted by atomic mass is 10.2. The summed E-state index contributed by atoms with van der Waals surface area (Å²) in [6.45, 7) is 2.06. The van der Waals surface area contributed by atoms with Gasteiger partial charge in [0, 0.05) is 11.4 Å². The van der Waals surface area contributed by atoms with Gasteiger partial charge in [0.25, 0.3) is 0 Å². The average molecular weight is 338 g/mol. The van der Waals surface area contributed by atoms with Gasteiger partial charge in [0.05, 0.1) is 11.6 Å². The van der Waals surface area contributed by atoms with Crippen molar-refractivity contribution in [3.63, 3.8) is 0 Å². The first-order chi connectivity index (χ1) is 11.2. The van der Waals surface area contributed by atoms with Gasteiger partial charge in [-0.2, -0.15) is 5.26 Å². The maximum absolute atomic E-state index is 8.93. The highest BCUT2D eigenvalue weighted by Crippen LogP contribution is 2.30. The monoisotopic (exact) mass is 338 g/mol. The third kappa shape index (κ3) is 4.09. The Balaban J connectivity index is 1.63. The quantitative estimate of drug-likeness (QED) is 0.680. The third-order valence-electron chi connectivity index (χ3n) is 3.21. The van der Waals surface area contributed by atoms with Crippen LogP contribution in [0.15, 0.2) is 52.9 Å². The molecule has 0 aliphatic rings. The number of rotatable bonds is 5. The second-order valence-corrected chi connectivity index (χ2v) is 7.11. The van der Waals surface area contributed by atoms with Crippen molar-refractivity contribution in [3.8, 4) is 6.07 Å². The predicted octanol–water partition coefficient (Wildman–Crippen LogP) is 4.75. The molecule has 0 radical (unpaired) electrons. The number of aryl methyl sites for hydroxylation is 1. The van der Waals surface area contributed by atoms with Crippen molar-refractivity contribution < 1.29 is 0 Å². The normalized spacial score (nSPS) is 10.3. The molecule has 0 unspecified atom stereocenters. The molecule has 0 atom stereocenters. The van der Waals surface area contributed by atoms with E-state index in [1.54, 1.807) is 11.8 Å². The van der Waals surface area contributed by atoms with Crippen LogP contribution in [0.1, 0.15) is 16.7 Å². The maximum Gasteiger partial charge on any atom is 0.210 e. The molecule has 6 heteroatoms. The molecule has 0 aliphatic carbocycles. The van der Waals surface area contributed by atoms with Gasteiger partial charge < -0.3 is 5.32 Å². The van der Waals surface area contributed by atoms with Gasteiger partial charge in [0.15, 0.2) is 4.34 Å². The first-order valence-corrected chi connectivity index (χ1v) is 8.83. The van der Waals surface area contributed by atoms with Crippen molar-refractivity contribution >= 4 is 33.9 Å². The molecule has 114 valence electrons. The molecule has 0 saturated carbocycles. The number of hydrogen-bond donors (Lipinski definition) is 1. The van der Waals surface area contributed by atoms with Gasteiger partial charge in [-0.1, -0.05) is 53.4 Å². The van der Waals surface area contributed by atoms with Crippen molar-refractivity contribution in [2.24, 2.45) is 0 Å². The largest absolute Gasteiger partial charge is 0.330 e. The summed E-state index contributed by atoms with van der Waals surface area (Å²) < 4.78 is 0.906. The van der Waals surface area contributed by atoms with Crippen molar-refractivity contribution in [1.82, 2.24) is 10.2 Å². The Morgan fingerprint density at radius 1 is 1.17 bits per heavy atom. The van der Waals surface area contributed by atoms with E-state index in [2.05, 4.69) is 34.6 Å². The average Bonchev–Trinajstić information content (AvgIpc) is 3.03. The minimum Gasteiger partial charge on any atom is -0.330 e. The van der Waals surface area contributed by atoms with Crippen LogP contribution in [-0.2, 0) is 5.75 Å². The van der Waals surface area contributed by atoms with Crippen molar-refractivity contribution in [2.45, 2.75) is 17.0 Å². The lowest BCUT2D eigenvalue weighted by Crippen LogP contribution is -1.91. The number of aromatic nitrogens is 2. The number of nitrogens with zero attached hydrogens (tertiary/aromatic N) is 3. The van der Waals surface area contributed by atoms with Crippen LogP contribution in [0, 0.1) is 18.3 Å². The Hall–Kier alpha value is -2.36. The van der Waals surface area contributed by atoms with Gasteiger partial charge in [-0.05, 0) is 36.2 Å². The second-order valence-electron chi connectivity index (χ2n) is 4.91. The fraction of sp³-hybridized carbons (Fsp3) is 0.118. The molecule has 3 rings (SSSR count). The lowest BCUT2D eigenvalue weighted by molar-refractivity contribution is 1.01. The van der Waals surface area contributed by atoms with Crippen molar-refractivity contribution in [3.05, 3.63) is 65.2 Å². The van der Waals surface area contributed by atoms with Crippen LogP contribution in [0.2, 0.25) is 0 Å². The van der Waals surface area contributed by atoms with E-state index in [0.29, 0.717) is 5.56 Å². The Morgan fingerprint density at radius 3 is 2.87 bits per heavy atom. The summed E-state index contributed by atoms with van der Waals surface area (Å²) in [5.41, 5.74) is 4.01. The maximum atomic E-state index is 8.93. The van der Waals surface area contributed by atoms with E-state index in [0.717, 1.165) is 26.5 Å². The fourth-order valence-corrected chi connectivity index (χ4v) is 3.73. The standard InChI is InChI=1S/C17H14N4S2/c1-12-5-2-3-8-15(12)19-16-20-21-17(23-16)22-11-14-7-4-6-13(9-14)10-18/h2-9H,11H2,1H3,(H,19,20). The Bertz CT molecular complexity index is 852. The smallest absolute Gasteiger partial charge is 0.210 e. The molecule has 0 spiro atoms. The van der Waals surface area contributed by atoms with Crippen LogP contribution >= 0.6 is 23.1 Å². The van der Waals surface area contributed by atoms with Gasteiger partial charge in [-0.3, -0.25) is 0 Å². The summed E-state index contributed by atoms with van der Waals surface area (Å²) >= 11 is 3.15. The first kappa shape index (κ1) is 15.5.